The van der Waals surface area contributed by atoms with Gasteiger partial charge in [-0.15, -0.1) is 0 Å². The summed E-state index contributed by atoms with van der Waals surface area (Å²) in [5.41, 5.74) is 1.12. The Morgan fingerprint density at radius 2 is 2.04 bits per heavy atom. The van der Waals surface area contributed by atoms with Crippen LogP contribution in [-0.2, 0) is 6.54 Å². The monoisotopic (exact) mass is 419 g/mol. The zero-order valence-electron chi connectivity index (χ0n) is 14.8. The van der Waals surface area contributed by atoms with Crippen molar-refractivity contribution >= 4 is 21.9 Å². The van der Waals surface area contributed by atoms with Crippen LogP contribution in [-0.4, -0.2) is 39.4 Å². The Hall–Kier alpha value is -2.41. The summed E-state index contributed by atoms with van der Waals surface area (Å²) in [6.45, 7) is 1.75. The predicted molar refractivity (Wildman–Crippen MR) is 105 cm³/mol. The smallest absolute Gasteiger partial charge is 0.191 e. The van der Waals surface area contributed by atoms with Crippen molar-refractivity contribution in [2.45, 2.75) is 12.6 Å². The second-order valence-corrected chi connectivity index (χ2v) is 6.63. The van der Waals surface area contributed by atoms with Crippen molar-refractivity contribution < 1.29 is 14.2 Å². The van der Waals surface area contributed by atoms with Crippen LogP contribution >= 0.6 is 15.9 Å². The van der Waals surface area contributed by atoms with Gasteiger partial charge in [-0.2, -0.15) is 0 Å². The molecule has 0 radical (unpaired) electrons. The molecule has 138 valence electrons. The largest absolute Gasteiger partial charge is 0.496 e. The van der Waals surface area contributed by atoms with E-state index in [0.717, 1.165) is 27.3 Å². The number of benzene rings is 2. The van der Waals surface area contributed by atoms with Crippen molar-refractivity contribution in [2.24, 2.45) is 4.99 Å². The maximum Gasteiger partial charge on any atom is 0.191 e. The van der Waals surface area contributed by atoms with Gasteiger partial charge in [-0.1, -0.05) is 18.2 Å². The first-order chi connectivity index (χ1) is 12.7. The molecule has 1 atom stereocenters. The van der Waals surface area contributed by atoms with Crippen LogP contribution in [0.2, 0.25) is 0 Å². The first-order valence-electron chi connectivity index (χ1n) is 8.35. The van der Waals surface area contributed by atoms with Crippen LogP contribution in [0.4, 0.5) is 0 Å². The number of nitrogens with one attached hydrogen (secondary N) is 2. The van der Waals surface area contributed by atoms with Gasteiger partial charge in [0.2, 0.25) is 0 Å². The van der Waals surface area contributed by atoms with Crippen LogP contribution in [0.3, 0.4) is 0 Å². The topological polar surface area (TPSA) is 64.1 Å². The Morgan fingerprint density at radius 3 is 2.77 bits per heavy atom. The minimum Gasteiger partial charge on any atom is -0.496 e. The van der Waals surface area contributed by atoms with Crippen molar-refractivity contribution in [3.63, 3.8) is 0 Å². The van der Waals surface area contributed by atoms with E-state index in [-0.39, 0.29) is 6.10 Å². The fourth-order valence-corrected chi connectivity index (χ4v) is 3.19. The number of rotatable bonds is 5. The van der Waals surface area contributed by atoms with Crippen molar-refractivity contribution in [3.8, 4) is 17.2 Å². The summed E-state index contributed by atoms with van der Waals surface area (Å²) < 4.78 is 17.8. The summed E-state index contributed by atoms with van der Waals surface area (Å²) >= 11 is 3.50. The minimum absolute atomic E-state index is 0.0708. The molecule has 2 aromatic rings. The van der Waals surface area contributed by atoms with Gasteiger partial charge in [0.15, 0.2) is 17.5 Å². The van der Waals surface area contributed by atoms with Crippen molar-refractivity contribution in [1.29, 1.82) is 0 Å². The Balaban J connectivity index is 1.49. The number of guanidine groups is 1. The number of hydrogen-bond acceptors (Lipinski definition) is 4. The summed E-state index contributed by atoms with van der Waals surface area (Å²) in [4.78, 5) is 4.25. The Kier molecular flexibility index (Phi) is 6.22. The third-order valence-corrected chi connectivity index (χ3v) is 4.58. The van der Waals surface area contributed by atoms with E-state index in [0.29, 0.717) is 25.7 Å². The van der Waals surface area contributed by atoms with Crippen molar-refractivity contribution in [1.82, 2.24) is 10.6 Å². The van der Waals surface area contributed by atoms with E-state index >= 15 is 0 Å². The van der Waals surface area contributed by atoms with E-state index in [1.54, 1.807) is 14.2 Å². The molecule has 0 fully saturated rings. The molecular formula is C19H22BrN3O3. The summed E-state index contributed by atoms with van der Waals surface area (Å²) in [5.74, 6) is 3.08. The minimum atomic E-state index is -0.0708. The molecule has 0 aromatic heterocycles. The molecule has 1 aliphatic rings. The molecule has 1 aliphatic heterocycles. The first-order valence-corrected chi connectivity index (χ1v) is 9.14. The lowest BCUT2D eigenvalue weighted by atomic mass is 10.2. The average Bonchev–Trinajstić information content (AvgIpc) is 2.68. The average molecular weight is 420 g/mol. The first kappa shape index (κ1) is 18.4. The summed E-state index contributed by atoms with van der Waals surface area (Å²) in [6.07, 6.45) is -0.0708. The highest BCUT2D eigenvalue weighted by Gasteiger charge is 2.20. The number of halogens is 1. The number of nitrogens with zero attached hydrogens (tertiary/aromatic N) is 1. The van der Waals surface area contributed by atoms with Gasteiger partial charge in [0.05, 0.1) is 18.1 Å². The van der Waals surface area contributed by atoms with Gasteiger partial charge in [-0.3, -0.25) is 4.99 Å². The van der Waals surface area contributed by atoms with E-state index in [9.17, 15) is 0 Å². The lowest BCUT2D eigenvalue weighted by molar-refractivity contribution is 0.0936. The third-order valence-electron chi connectivity index (χ3n) is 3.96. The van der Waals surface area contributed by atoms with Gasteiger partial charge < -0.3 is 24.8 Å². The summed E-state index contributed by atoms with van der Waals surface area (Å²) in [6, 6.07) is 13.7. The van der Waals surface area contributed by atoms with Crippen LogP contribution in [0.25, 0.3) is 0 Å². The number of fused-ring (bicyclic) bond motifs is 1. The normalized spacial score (nSPS) is 16.1. The maximum absolute atomic E-state index is 5.94. The Bertz CT molecular complexity index is 782. The maximum atomic E-state index is 5.94. The Labute approximate surface area is 161 Å². The highest BCUT2D eigenvalue weighted by molar-refractivity contribution is 9.10. The Morgan fingerprint density at radius 1 is 1.23 bits per heavy atom. The van der Waals surface area contributed by atoms with E-state index in [1.807, 2.05) is 42.5 Å². The van der Waals surface area contributed by atoms with Crippen LogP contribution < -0.4 is 24.8 Å². The van der Waals surface area contributed by atoms with Gasteiger partial charge in [0.1, 0.15) is 18.5 Å². The van der Waals surface area contributed by atoms with E-state index in [2.05, 4.69) is 31.6 Å². The number of hydrogen-bond donors (Lipinski definition) is 2. The second kappa shape index (κ2) is 8.80. The molecule has 7 heteroatoms. The number of ether oxygens (including phenoxy) is 3. The van der Waals surface area contributed by atoms with E-state index < -0.39 is 0 Å². The standard InChI is InChI=1S/C19H22BrN3O3/c1-21-19(22-10-13-7-8-16(24-2)15(20)9-13)23-11-14-12-25-17-5-3-4-6-18(17)26-14/h3-9,14H,10-12H2,1-2H3,(H2,21,22,23). The molecule has 1 heterocycles. The molecule has 3 rings (SSSR count). The summed E-state index contributed by atoms with van der Waals surface area (Å²) in [7, 11) is 3.39. The van der Waals surface area contributed by atoms with Crippen molar-refractivity contribution in [2.75, 3.05) is 27.3 Å². The van der Waals surface area contributed by atoms with Crippen LogP contribution in [0.5, 0.6) is 17.2 Å². The summed E-state index contributed by atoms with van der Waals surface area (Å²) in [5, 5.41) is 6.56. The van der Waals surface area contributed by atoms with Crippen LogP contribution in [0, 0.1) is 0 Å². The highest BCUT2D eigenvalue weighted by atomic mass is 79.9. The van der Waals surface area contributed by atoms with Crippen molar-refractivity contribution in [3.05, 3.63) is 52.5 Å². The fourth-order valence-electron chi connectivity index (χ4n) is 2.60. The molecule has 2 aromatic carbocycles. The highest BCUT2D eigenvalue weighted by Crippen LogP contribution is 2.30. The molecule has 2 N–H and O–H groups in total. The van der Waals surface area contributed by atoms with E-state index in [4.69, 9.17) is 14.2 Å². The lowest BCUT2D eigenvalue weighted by Gasteiger charge is -2.27. The molecule has 0 bridgehead atoms. The second-order valence-electron chi connectivity index (χ2n) is 5.77. The molecule has 26 heavy (non-hydrogen) atoms. The molecule has 0 saturated heterocycles. The van der Waals surface area contributed by atoms with Gasteiger partial charge in [0, 0.05) is 13.6 Å². The molecule has 1 unspecified atom stereocenters. The molecule has 0 saturated carbocycles. The van der Waals surface area contributed by atoms with E-state index in [1.165, 1.54) is 0 Å². The van der Waals surface area contributed by atoms with Gasteiger partial charge in [0.25, 0.3) is 0 Å². The molecular weight excluding hydrogens is 398 g/mol. The lowest BCUT2D eigenvalue weighted by Crippen LogP contribution is -2.45. The SMILES string of the molecule is CN=C(NCc1ccc(OC)c(Br)c1)NCC1COc2ccccc2O1. The number of aliphatic imine (C=N–C) groups is 1. The quantitative estimate of drug-likeness (QED) is 0.575. The van der Waals surface area contributed by atoms with Gasteiger partial charge in [-0.05, 0) is 45.8 Å². The third kappa shape index (κ3) is 4.60. The van der Waals surface area contributed by atoms with Gasteiger partial charge >= 0.3 is 0 Å². The fraction of sp³-hybridized carbons (Fsp3) is 0.316. The molecule has 0 amide bonds. The molecule has 6 nitrogen and oxygen atoms in total. The number of para-hydroxylation sites is 2. The zero-order valence-corrected chi connectivity index (χ0v) is 16.4. The molecule has 0 aliphatic carbocycles. The van der Waals surface area contributed by atoms with Crippen LogP contribution in [0.1, 0.15) is 5.56 Å². The zero-order chi connectivity index (χ0) is 18.4. The van der Waals surface area contributed by atoms with Crippen LogP contribution in [0.15, 0.2) is 51.9 Å². The van der Waals surface area contributed by atoms with Gasteiger partial charge in [-0.25, -0.2) is 0 Å². The number of methoxy groups -OCH3 is 1. The molecule has 0 spiro atoms. The predicted octanol–water partition coefficient (Wildman–Crippen LogP) is 2.96.